The summed E-state index contributed by atoms with van der Waals surface area (Å²) in [6.45, 7) is 3.99. The van der Waals surface area contributed by atoms with Crippen molar-refractivity contribution in [3.05, 3.63) is 212 Å². The molecule has 0 amide bonds. The first kappa shape index (κ1) is 43.4. The molecule has 5 aromatic carbocycles. The molecule has 2 atom stereocenters. The number of nitrogens with zero attached hydrogens (tertiary/aromatic N) is 8. The van der Waals surface area contributed by atoms with Crippen molar-refractivity contribution in [1.82, 2.24) is 39.0 Å². The Bertz CT molecular complexity index is 3760. The van der Waals surface area contributed by atoms with Crippen molar-refractivity contribution in [3.63, 3.8) is 0 Å². The molecule has 11 aromatic rings. The zero-order chi connectivity index (χ0) is 46.6. The Labute approximate surface area is 396 Å². The van der Waals surface area contributed by atoms with Crippen LogP contribution in [-0.2, 0) is 0 Å². The monoisotopic (exact) mass is 928 g/mol. The smallest absolute Gasteiger partial charge is 0.263 e. The molecule has 0 fully saturated rings. The number of aldehydes is 1. The van der Waals surface area contributed by atoms with Gasteiger partial charge in [-0.1, -0.05) is 115 Å². The molecular weight excluding hydrogens is 889 g/mol. The lowest BCUT2D eigenvalue weighted by molar-refractivity contribution is 0.112. The summed E-state index contributed by atoms with van der Waals surface area (Å²) >= 11 is 2.91. The van der Waals surface area contributed by atoms with Crippen molar-refractivity contribution >= 4 is 95.0 Å². The zero-order valence-corrected chi connectivity index (χ0v) is 38.2. The molecule has 0 saturated heterocycles. The summed E-state index contributed by atoms with van der Waals surface area (Å²) in [4.78, 5) is 67.1. The zero-order valence-electron chi connectivity index (χ0n) is 36.6. The van der Waals surface area contributed by atoms with Gasteiger partial charge in [-0.25, -0.2) is 29.9 Å². The van der Waals surface area contributed by atoms with Crippen LogP contribution in [0.5, 0.6) is 0 Å². The predicted octanol–water partition coefficient (Wildman–Crippen LogP) is 11.1. The lowest BCUT2D eigenvalue weighted by Crippen LogP contribution is -2.26. The summed E-state index contributed by atoms with van der Waals surface area (Å²) in [5.41, 5.74) is 10.0. The number of anilines is 2. The van der Waals surface area contributed by atoms with Crippen molar-refractivity contribution in [2.45, 2.75) is 25.9 Å². The minimum absolute atomic E-state index is 0.0674. The van der Waals surface area contributed by atoms with E-state index in [1.54, 1.807) is 32.3 Å². The summed E-state index contributed by atoms with van der Waals surface area (Å²) in [7, 11) is 0. The number of benzene rings is 5. The van der Waals surface area contributed by atoms with Gasteiger partial charge in [-0.15, -0.1) is 22.7 Å². The van der Waals surface area contributed by atoms with E-state index in [9.17, 15) is 14.4 Å². The highest BCUT2D eigenvalue weighted by Crippen LogP contribution is 2.30. The van der Waals surface area contributed by atoms with Gasteiger partial charge < -0.3 is 10.6 Å². The largest absolute Gasteiger partial charge is 0.360 e. The topological polar surface area (TPSA) is 162 Å². The molecule has 6 aromatic heterocycles. The lowest BCUT2D eigenvalue weighted by atomic mass is 10.0. The van der Waals surface area contributed by atoms with Crippen LogP contribution < -0.4 is 21.8 Å². The number of thiazole rings is 2. The second-order valence-corrected chi connectivity index (χ2v) is 17.4. The van der Waals surface area contributed by atoms with E-state index in [2.05, 4.69) is 46.6 Å². The second-order valence-electron chi connectivity index (χ2n) is 15.8. The minimum Gasteiger partial charge on any atom is -0.360 e. The highest BCUT2D eigenvalue weighted by molar-refractivity contribution is 7.16. The van der Waals surface area contributed by atoms with E-state index in [4.69, 9.17) is 0 Å². The van der Waals surface area contributed by atoms with Gasteiger partial charge in [0.15, 0.2) is 17.9 Å². The number of para-hydroxylation sites is 2. The van der Waals surface area contributed by atoms with Crippen molar-refractivity contribution in [3.8, 4) is 11.4 Å². The Morgan fingerprint density at radius 2 is 0.971 bits per heavy atom. The van der Waals surface area contributed by atoms with Crippen LogP contribution >= 0.6 is 22.7 Å². The van der Waals surface area contributed by atoms with Crippen LogP contribution in [0, 0.1) is 0 Å². The highest BCUT2D eigenvalue weighted by Gasteiger charge is 2.21. The van der Waals surface area contributed by atoms with Gasteiger partial charge in [-0.2, -0.15) is 0 Å². The molecule has 6 heterocycles. The molecule has 68 heavy (non-hydrogen) atoms. The van der Waals surface area contributed by atoms with Crippen LogP contribution in [0.3, 0.4) is 0 Å². The molecule has 0 aliphatic carbocycles. The van der Waals surface area contributed by atoms with Crippen molar-refractivity contribution in [2.75, 3.05) is 10.6 Å². The Hall–Kier alpha value is -8.53. The molecule has 15 heteroatoms. The number of hydrogen-bond acceptors (Lipinski definition) is 13. The van der Waals surface area contributed by atoms with Gasteiger partial charge >= 0.3 is 0 Å². The molecular formula is C53H40N10O3S2. The summed E-state index contributed by atoms with van der Waals surface area (Å²) in [5.74, 6) is 1.25. The van der Waals surface area contributed by atoms with Gasteiger partial charge in [-0.3, -0.25) is 23.5 Å². The first-order valence-electron chi connectivity index (χ1n) is 21.6. The molecule has 0 unspecified atom stereocenters. The molecule has 2 N–H and O–H groups in total. The summed E-state index contributed by atoms with van der Waals surface area (Å²) in [5, 5.41) is 9.54. The predicted molar refractivity (Wildman–Crippen MR) is 274 cm³/mol. The first-order chi connectivity index (χ1) is 33.4. The van der Waals surface area contributed by atoms with E-state index >= 15 is 0 Å². The van der Waals surface area contributed by atoms with Crippen LogP contribution in [0.15, 0.2) is 173 Å². The van der Waals surface area contributed by atoms with Crippen molar-refractivity contribution in [2.24, 2.45) is 0 Å². The van der Waals surface area contributed by atoms with Gasteiger partial charge in [0.2, 0.25) is 0 Å². The van der Waals surface area contributed by atoms with Crippen LogP contribution in [-0.4, -0.2) is 45.3 Å². The third-order valence-electron chi connectivity index (χ3n) is 11.5. The maximum absolute atomic E-state index is 14.2. The molecule has 0 spiro atoms. The van der Waals surface area contributed by atoms with Gasteiger partial charge in [0.1, 0.15) is 33.3 Å². The van der Waals surface area contributed by atoms with Crippen LogP contribution in [0.4, 0.5) is 11.6 Å². The maximum Gasteiger partial charge on any atom is 0.263 e. The Kier molecular flexibility index (Phi) is 12.2. The van der Waals surface area contributed by atoms with Crippen molar-refractivity contribution in [1.29, 1.82) is 0 Å². The first-order valence-corrected chi connectivity index (χ1v) is 23.4. The number of fused-ring (bicyclic) bond motifs is 4. The highest BCUT2D eigenvalue weighted by atomic mass is 32.1. The summed E-state index contributed by atoms with van der Waals surface area (Å²) < 4.78 is 3.44. The standard InChI is InChI=1S/C30H23N5OS.C23H17N5O2S/c1-20(34-28-27-29(32-18-31-28)37-19-33-27)25-17-23-12-8-11-22(16-15-21-9-4-2-5-10-21)26(23)30(36)35(25)24-13-6-3-7-14-24;1-14(27-21-20-22(25-12-24-21)31-13-26-20)18-10-15-6-5-7-16(11-29)19(15)23(30)28(18)17-8-3-2-4-9-17/h2-20H,1H3,(H,31,32,34);2-14H,1H3,(H,24,25,27)/b16-15+;/t20-;14-/m00/s1. The number of rotatable bonds is 11. The fourth-order valence-electron chi connectivity index (χ4n) is 8.29. The average Bonchev–Trinajstić information content (AvgIpc) is 4.08. The maximum atomic E-state index is 14.2. The fourth-order valence-corrected chi connectivity index (χ4v) is 9.54. The molecule has 332 valence electrons. The molecule has 0 saturated carbocycles. The number of carbonyl (C=O) groups excluding carboxylic acids is 1. The summed E-state index contributed by atoms with van der Waals surface area (Å²) in [6.07, 6.45) is 7.80. The molecule has 0 aliphatic rings. The van der Waals surface area contributed by atoms with Gasteiger partial charge in [-0.05, 0) is 72.1 Å². The number of carbonyl (C=O) groups is 1. The van der Waals surface area contributed by atoms with E-state index < -0.39 is 0 Å². The van der Waals surface area contributed by atoms with Crippen LogP contribution in [0.2, 0.25) is 0 Å². The Morgan fingerprint density at radius 1 is 0.515 bits per heavy atom. The van der Waals surface area contributed by atoms with E-state index in [1.165, 1.54) is 35.3 Å². The number of hydrogen-bond donors (Lipinski definition) is 2. The number of pyridine rings is 2. The average molecular weight is 929 g/mol. The molecule has 11 rings (SSSR count). The normalized spacial score (nSPS) is 12.3. The van der Waals surface area contributed by atoms with Crippen molar-refractivity contribution < 1.29 is 4.79 Å². The molecule has 0 radical (unpaired) electrons. The van der Waals surface area contributed by atoms with Crippen LogP contribution in [0.25, 0.3) is 65.8 Å². The summed E-state index contributed by atoms with van der Waals surface area (Å²) in [6, 6.07) is 44.0. The van der Waals surface area contributed by atoms with Gasteiger partial charge in [0.05, 0.1) is 33.9 Å². The quantitative estimate of drug-likeness (QED) is 0.0937. The third kappa shape index (κ3) is 8.54. The number of nitrogens with one attached hydrogen (secondary N) is 2. The van der Waals surface area contributed by atoms with E-state index in [0.717, 1.165) is 60.7 Å². The Morgan fingerprint density at radius 3 is 1.46 bits per heavy atom. The Balaban J connectivity index is 0.000000161. The fraction of sp³-hybridized carbons (Fsp3) is 0.0755. The van der Waals surface area contributed by atoms with E-state index in [1.807, 2.05) is 147 Å². The lowest BCUT2D eigenvalue weighted by Gasteiger charge is -2.22. The van der Waals surface area contributed by atoms with Gasteiger partial charge in [0, 0.05) is 28.3 Å². The minimum atomic E-state index is -0.281. The third-order valence-corrected chi connectivity index (χ3v) is 13.0. The SMILES string of the molecule is C[C@H](Nc1ncnc2scnc12)c1cc2cccc(/C=C/c3ccccc3)c2c(=O)n1-c1ccccc1.C[C@H](Nc1ncnc2scnc12)c1cc2cccc(C=O)c2c(=O)n1-c1ccccc1. The van der Waals surface area contributed by atoms with Crippen LogP contribution in [0.1, 0.15) is 58.8 Å². The second kappa shape index (κ2) is 19.1. The van der Waals surface area contributed by atoms with Gasteiger partial charge in [0.25, 0.3) is 11.1 Å². The van der Waals surface area contributed by atoms with E-state index in [-0.39, 0.29) is 23.2 Å². The number of aromatic nitrogens is 8. The van der Waals surface area contributed by atoms with E-state index in [0.29, 0.717) is 38.9 Å². The molecule has 0 bridgehead atoms. The molecule has 13 nitrogen and oxygen atoms in total. The molecule has 0 aliphatic heterocycles.